The van der Waals surface area contributed by atoms with E-state index in [1.54, 1.807) is 0 Å². The summed E-state index contributed by atoms with van der Waals surface area (Å²) in [4.78, 5) is 11.6. The van der Waals surface area contributed by atoms with Crippen molar-refractivity contribution in [2.45, 2.75) is 20.8 Å². The van der Waals surface area contributed by atoms with Crippen LogP contribution in [0, 0.1) is 20.8 Å². The first-order valence-corrected chi connectivity index (χ1v) is 7.83. The number of aryl methyl sites for hydroxylation is 3. The van der Waals surface area contributed by atoms with Gasteiger partial charge in [0.1, 0.15) is 0 Å². The van der Waals surface area contributed by atoms with E-state index in [0.29, 0.717) is 0 Å². The van der Waals surface area contributed by atoms with Gasteiger partial charge in [0, 0.05) is 22.0 Å². The Balaban J connectivity index is 1.91. The molecule has 0 amide bonds. The van der Waals surface area contributed by atoms with Gasteiger partial charge in [-0.3, -0.25) is 0 Å². The quantitative estimate of drug-likeness (QED) is 0.681. The summed E-state index contributed by atoms with van der Waals surface area (Å²) < 4.78 is 0. The Morgan fingerprint density at radius 3 is 2.52 bits per heavy atom. The number of nitrogens with zero attached hydrogens (tertiary/aromatic N) is 1. The second-order valence-electron chi connectivity index (χ2n) is 6.17. The van der Waals surface area contributed by atoms with Gasteiger partial charge in [-0.25, -0.2) is 4.99 Å². The first-order valence-electron chi connectivity index (χ1n) is 7.83. The molecule has 1 aromatic carbocycles. The summed E-state index contributed by atoms with van der Waals surface area (Å²) in [5, 5.41) is 4.40. The molecule has 0 saturated carbocycles. The number of benzene rings is 1. The Kier molecular flexibility index (Phi) is 3.08. The highest BCUT2D eigenvalue weighted by Gasteiger charge is 2.04. The van der Waals surface area contributed by atoms with E-state index in [0.717, 1.165) is 27.4 Å². The van der Waals surface area contributed by atoms with Crippen LogP contribution in [-0.4, -0.2) is 9.97 Å². The molecular formula is C20H19N3. The summed E-state index contributed by atoms with van der Waals surface area (Å²) in [6, 6.07) is 12.5. The Hall–Kier alpha value is -2.81. The molecule has 0 atom stereocenters. The highest BCUT2D eigenvalue weighted by molar-refractivity contribution is 5.76. The summed E-state index contributed by atoms with van der Waals surface area (Å²) in [5.74, 6) is 0. The van der Waals surface area contributed by atoms with Gasteiger partial charge in [-0.1, -0.05) is 18.2 Å². The molecule has 1 aliphatic rings. The summed E-state index contributed by atoms with van der Waals surface area (Å²) >= 11 is 0. The van der Waals surface area contributed by atoms with Crippen LogP contribution in [0.3, 0.4) is 0 Å². The molecule has 23 heavy (non-hydrogen) atoms. The molecule has 2 N–H and O–H groups in total. The van der Waals surface area contributed by atoms with Crippen LogP contribution >= 0.6 is 0 Å². The van der Waals surface area contributed by atoms with Crippen molar-refractivity contribution in [2.24, 2.45) is 4.99 Å². The molecule has 0 radical (unpaired) electrons. The smallest absolute Gasteiger partial charge is 0.0878 e. The van der Waals surface area contributed by atoms with Gasteiger partial charge in [-0.15, -0.1) is 0 Å². The van der Waals surface area contributed by atoms with Crippen LogP contribution in [0.1, 0.15) is 22.5 Å². The predicted octanol–water partition coefficient (Wildman–Crippen LogP) is 1.32. The van der Waals surface area contributed by atoms with Gasteiger partial charge >= 0.3 is 0 Å². The van der Waals surface area contributed by atoms with Crippen LogP contribution in [0.4, 0.5) is 0 Å². The van der Waals surface area contributed by atoms with E-state index in [-0.39, 0.29) is 0 Å². The topological polar surface area (TPSA) is 43.9 Å². The summed E-state index contributed by atoms with van der Waals surface area (Å²) in [6.45, 7) is 6.33. The van der Waals surface area contributed by atoms with E-state index in [4.69, 9.17) is 4.99 Å². The molecule has 1 aliphatic heterocycles. The SMILES string of the molecule is Cc1cc(C)c(/C=c2\[nH]c(=C3C=c4ccccc4=N3)cc2C)[nH]1. The number of para-hydroxylation sites is 1. The minimum Gasteiger partial charge on any atom is -0.359 e. The van der Waals surface area contributed by atoms with E-state index < -0.39 is 0 Å². The monoisotopic (exact) mass is 301 g/mol. The highest BCUT2D eigenvalue weighted by Crippen LogP contribution is 2.09. The van der Waals surface area contributed by atoms with Crippen molar-refractivity contribution >= 4 is 17.8 Å². The lowest BCUT2D eigenvalue weighted by molar-refractivity contribution is 1.21. The van der Waals surface area contributed by atoms with Gasteiger partial charge in [0.25, 0.3) is 0 Å². The maximum Gasteiger partial charge on any atom is 0.0878 e. The molecule has 4 rings (SSSR count). The molecule has 3 aromatic rings. The van der Waals surface area contributed by atoms with E-state index >= 15 is 0 Å². The lowest BCUT2D eigenvalue weighted by atomic mass is 10.2. The Labute approximate surface area is 134 Å². The number of nitrogens with one attached hydrogen (secondary N) is 2. The molecule has 0 bridgehead atoms. The summed E-state index contributed by atoms with van der Waals surface area (Å²) in [5.41, 5.74) is 5.81. The first kappa shape index (κ1) is 13.8. The zero-order chi connectivity index (χ0) is 16.0. The van der Waals surface area contributed by atoms with Gasteiger partial charge in [-0.05, 0) is 62.2 Å². The van der Waals surface area contributed by atoms with Gasteiger partial charge in [0.15, 0.2) is 0 Å². The van der Waals surface area contributed by atoms with Crippen molar-refractivity contribution in [3.05, 3.63) is 80.2 Å². The average Bonchev–Trinajstić information content (AvgIpc) is 3.18. The molecule has 3 heterocycles. The van der Waals surface area contributed by atoms with Gasteiger partial charge in [0.05, 0.1) is 16.4 Å². The third-order valence-electron chi connectivity index (χ3n) is 4.28. The van der Waals surface area contributed by atoms with Crippen molar-refractivity contribution < 1.29 is 0 Å². The third kappa shape index (κ3) is 2.44. The van der Waals surface area contributed by atoms with Gasteiger partial charge in [0.2, 0.25) is 0 Å². The van der Waals surface area contributed by atoms with E-state index in [1.807, 2.05) is 18.2 Å². The lowest BCUT2D eigenvalue weighted by Crippen LogP contribution is -2.19. The number of hydrogen-bond donors (Lipinski definition) is 2. The first-order chi connectivity index (χ1) is 11.1. The molecule has 0 spiro atoms. The van der Waals surface area contributed by atoms with Crippen LogP contribution in [-0.2, 0) is 0 Å². The Bertz CT molecular complexity index is 1100. The largest absolute Gasteiger partial charge is 0.359 e. The van der Waals surface area contributed by atoms with Gasteiger partial charge < -0.3 is 9.97 Å². The number of aromatic nitrogens is 2. The molecular weight excluding hydrogens is 282 g/mol. The fraction of sp³-hybridized carbons (Fsp3) is 0.150. The molecule has 0 fully saturated rings. The van der Waals surface area contributed by atoms with E-state index in [9.17, 15) is 0 Å². The molecule has 2 aromatic heterocycles. The number of rotatable bonds is 1. The summed E-state index contributed by atoms with van der Waals surface area (Å²) in [7, 11) is 0. The number of H-pyrrole nitrogens is 2. The van der Waals surface area contributed by atoms with Crippen LogP contribution in [0.2, 0.25) is 0 Å². The number of fused-ring (bicyclic) bond motifs is 1. The zero-order valence-electron chi connectivity index (χ0n) is 13.6. The van der Waals surface area contributed by atoms with Crippen LogP contribution in [0.15, 0.2) is 41.4 Å². The van der Waals surface area contributed by atoms with Gasteiger partial charge in [-0.2, -0.15) is 0 Å². The number of aromatic amines is 2. The lowest BCUT2D eigenvalue weighted by Gasteiger charge is -1.90. The van der Waals surface area contributed by atoms with Crippen molar-refractivity contribution in [1.82, 2.24) is 9.97 Å². The fourth-order valence-corrected chi connectivity index (χ4v) is 3.06. The summed E-state index contributed by atoms with van der Waals surface area (Å²) in [6.07, 6.45) is 4.30. The van der Waals surface area contributed by atoms with Crippen LogP contribution in [0.25, 0.3) is 17.8 Å². The third-order valence-corrected chi connectivity index (χ3v) is 4.28. The molecule has 0 aliphatic carbocycles. The minimum atomic E-state index is 0.994. The average molecular weight is 301 g/mol. The minimum absolute atomic E-state index is 0.994. The maximum atomic E-state index is 4.71. The van der Waals surface area contributed by atoms with Crippen molar-refractivity contribution in [2.75, 3.05) is 0 Å². The van der Waals surface area contributed by atoms with E-state index in [1.165, 1.54) is 22.0 Å². The highest BCUT2D eigenvalue weighted by atomic mass is 14.8. The molecule has 114 valence electrons. The van der Waals surface area contributed by atoms with E-state index in [2.05, 4.69) is 61.1 Å². The van der Waals surface area contributed by atoms with Crippen molar-refractivity contribution in [3.63, 3.8) is 0 Å². The fourth-order valence-electron chi connectivity index (χ4n) is 3.06. The molecule has 0 unspecified atom stereocenters. The standard InChI is InChI=1S/C20H19N3/c1-12-8-14(3)21-17(12)11-18-13(2)9-19(23-18)20-10-15-6-4-5-7-16(15)22-20/h4-11,21,23H,1-3H3/b18-11-,20-19?. The Morgan fingerprint density at radius 2 is 1.78 bits per heavy atom. The maximum absolute atomic E-state index is 4.71. The van der Waals surface area contributed by atoms with Crippen molar-refractivity contribution in [1.29, 1.82) is 0 Å². The normalized spacial score (nSPS) is 16.2. The Morgan fingerprint density at radius 1 is 0.957 bits per heavy atom. The predicted molar refractivity (Wildman–Crippen MR) is 93.7 cm³/mol. The van der Waals surface area contributed by atoms with Crippen LogP contribution in [0.5, 0.6) is 0 Å². The molecule has 0 saturated heterocycles. The number of hydrogen-bond acceptors (Lipinski definition) is 1. The second-order valence-corrected chi connectivity index (χ2v) is 6.17. The second kappa shape index (κ2) is 5.13. The molecule has 3 heteroatoms. The van der Waals surface area contributed by atoms with Crippen LogP contribution < -0.4 is 21.3 Å². The van der Waals surface area contributed by atoms with Crippen molar-refractivity contribution in [3.8, 4) is 0 Å². The molecule has 3 nitrogen and oxygen atoms in total. The zero-order valence-corrected chi connectivity index (χ0v) is 13.6.